The van der Waals surface area contributed by atoms with Crippen molar-refractivity contribution in [2.75, 3.05) is 0 Å². The van der Waals surface area contributed by atoms with Crippen LogP contribution in [0.15, 0.2) is 88.7 Å². The average Bonchev–Trinajstić information content (AvgIpc) is 2.60. The molecule has 0 spiro atoms. The molecule has 0 fully saturated rings. The first-order chi connectivity index (χ1) is 11.7. The number of allylic oxidation sites excluding steroid dienone is 1. The van der Waals surface area contributed by atoms with Crippen LogP contribution >= 0.6 is 11.8 Å². The molecule has 0 amide bonds. The van der Waals surface area contributed by atoms with Crippen LogP contribution in [0.25, 0.3) is 6.08 Å². The van der Waals surface area contributed by atoms with Crippen molar-refractivity contribution < 1.29 is 0 Å². The Balaban J connectivity index is 1.87. The van der Waals surface area contributed by atoms with Gasteiger partial charge in [-0.2, -0.15) is 0 Å². The first-order valence-electron chi connectivity index (χ1n) is 8.25. The Bertz CT molecular complexity index is 797. The summed E-state index contributed by atoms with van der Waals surface area (Å²) in [4.78, 5) is 2.64. The molecule has 3 rings (SSSR count). The van der Waals surface area contributed by atoms with Crippen molar-refractivity contribution in [3.05, 3.63) is 106 Å². The lowest BCUT2D eigenvalue weighted by atomic mass is 10.1. The fourth-order valence-electron chi connectivity index (χ4n) is 2.51. The highest BCUT2D eigenvalue weighted by atomic mass is 32.2. The van der Waals surface area contributed by atoms with Crippen LogP contribution in [0.4, 0.5) is 0 Å². The standard InChI is InChI=1S/C23H22S/c1-18-8-12-20(13-9-18)16-23(24-22-6-4-3-5-7-22)17-21-14-10-19(2)11-15-21/h3-16H,17H2,1-2H3/b23-16-. The van der Waals surface area contributed by atoms with Gasteiger partial charge < -0.3 is 0 Å². The third-order valence-electron chi connectivity index (χ3n) is 3.90. The minimum Gasteiger partial charge on any atom is -0.0942 e. The van der Waals surface area contributed by atoms with E-state index in [0.717, 1.165) is 6.42 Å². The lowest BCUT2D eigenvalue weighted by molar-refractivity contribution is 1.24. The van der Waals surface area contributed by atoms with E-state index in [1.165, 1.54) is 32.1 Å². The Morgan fingerprint density at radius 3 is 1.96 bits per heavy atom. The molecule has 120 valence electrons. The highest BCUT2D eigenvalue weighted by Gasteiger charge is 2.04. The molecule has 0 unspecified atom stereocenters. The molecule has 0 saturated heterocycles. The van der Waals surface area contributed by atoms with Gasteiger partial charge in [0.25, 0.3) is 0 Å². The maximum absolute atomic E-state index is 2.30. The first kappa shape index (κ1) is 16.6. The predicted octanol–water partition coefficient (Wildman–Crippen LogP) is 6.68. The van der Waals surface area contributed by atoms with E-state index in [4.69, 9.17) is 0 Å². The van der Waals surface area contributed by atoms with Crippen LogP contribution in [0.1, 0.15) is 22.3 Å². The maximum Gasteiger partial charge on any atom is 0.0119 e. The third kappa shape index (κ3) is 4.87. The number of thioether (sulfide) groups is 1. The molecule has 1 heteroatoms. The van der Waals surface area contributed by atoms with Crippen LogP contribution in [0, 0.1) is 13.8 Å². The number of benzene rings is 3. The van der Waals surface area contributed by atoms with Crippen molar-refractivity contribution in [1.29, 1.82) is 0 Å². The van der Waals surface area contributed by atoms with E-state index in [0.29, 0.717) is 0 Å². The summed E-state index contributed by atoms with van der Waals surface area (Å²) >= 11 is 1.85. The molecule has 0 aliphatic carbocycles. The van der Waals surface area contributed by atoms with E-state index in [1.807, 2.05) is 11.8 Å². The molecule has 0 aliphatic heterocycles. The Labute approximate surface area is 149 Å². The van der Waals surface area contributed by atoms with Crippen molar-refractivity contribution in [2.45, 2.75) is 25.2 Å². The van der Waals surface area contributed by atoms with Gasteiger partial charge in [0, 0.05) is 11.3 Å². The van der Waals surface area contributed by atoms with Crippen molar-refractivity contribution in [2.24, 2.45) is 0 Å². The van der Waals surface area contributed by atoms with E-state index in [9.17, 15) is 0 Å². The summed E-state index contributed by atoms with van der Waals surface area (Å²) in [6.07, 6.45) is 3.25. The van der Waals surface area contributed by atoms with E-state index >= 15 is 0 Å². The first-order valence-corrected chi connectivity index (χ1v) is 9.06. The SMILES string of the molecule is Cc1ccc(/C=C(/Cc2ccc(C)cc2)Sc2ccccc2)cc1. The van der Waals surface area contributed by atoms with Gasteiger partial charge in [-0.15, -0.1) is 0 Å². The van der Waals surface area contributed by atoms with Crippen LogP contribution in [-0.2, 0) is 6.42 Å². The van der Waals surface area contributed by atoms with Gasteiger partial charge in [0.05, 0.1) is 0 Å². The molecule has 24 heavy (non-hydrogen) atoms. The lowest BCUT2D eigenvalue weighted by Gasteiger charge is -2.09. The van der Waals surface area contributed by atoms with Crippen molar-refractivity contribution in [3.8, 4) is 0 Å². The van der Waals surface area contributed by atoms with Gasteiger partial charge in [-0.05, 0) is 48.1 Å². The number of rotatable bonds is 5. The number of aryl methyl sites for hydroxylation is 2. The highest BCUT2D eigenvalue weighted by molar-refractivity contribution is 8.03. The molecule has 0 N–H and O–H groups in total. The summed E-state index contributed by atoms with van der Waals surface area (Å²) in [5, 5.41) is 0. The Morgan fingerprint density at radius 2 is 1.33 bits per heavy atom. The molecule has 0 nitrogen and oxygen atoms in total. The summed E-state index contributed by atoms with van der Waals surface area (Å²) in [5.74, 6) is 0. The molecule has 0 saturated carbocycles. The van der Waals surface area contributed by atoms with Gasteiger partial charge in [0.2, 0.25) is 0 Å². The minimum atomic E-state index is 0.952. The molecule has 0 aromatic heterocycles. The normalized spacial score (nSPS) is 11.5. The van der Waals surface area contributed by atoms with Gasteiger partial charge in [-0.3, -0.25) is 0 Å². The van der Waals surface area contributed by atoms with Crippen LogP contribution in [0.3, 0.4) is 0 Å². The minimum absolute atomic E-state index is 0.952. The molecule has 0 bridgehead atoms. The topological polar surface area (TPSA) is 0 Å². The molecular weight excluding hydrogens is 308 g/mol. The molecule has 3 aromatic carbocycles. The molecule has 3 aromatic rings. The second-order valence-electron chi connectivity index (χ2n) is 6.10. The predicted molar refractivity (Wildman–Crippen MR) is 106 cm³/mol. The van der Waals surface area contributed by atoms with Crippen LogP contribution < -0.4 is 0 Å². The fourth-order valence-corrected chi connectivity index (χ4v) is 3.54. The van der Waals surface area contributed by atoms with Crippen LogP contribution in [-0.4, -0.2) is 0 Å². The zero-order chi connectivity index (χ0) is 16.8. The van der Waals surface area contributed by atoms with Gasteiger partial charge in [0.15, 0.2) is 0 Å². The van der Waals surface area contributed by atoms with Crippen molar-refractivity contribution in [3.63, 3.8) is 0 Å². The summed E-state index contributed by atoms with van der Waals surface area (Å²) in [5.41, 5.74) is 5.20. The molecule has 0 heterocycles. The van der Waals surface area contributed by atoms with Crippen molar-refractivity contribution >= 4 is 17.8 Å². The maximum atomic E-state index is 2.30. The summed E-state index contributed by atoms with van der Waals surface area (Å²) in [7, 11) is 0. The largest absolute Gasteiger partial charge is 0.0942 e. The summed E-state index contributed by atoms with van der Waals surface area (Å²) < 4.78 is 0. The Morgan fingerprint density at radius 1 is 0.750 bits per heavy atom. The Hall–Kier alpha value is -2.25. The molecular formula is C23H22S. The monoisotopic (exact) mass is 330 g/mol. The van der Waals surface area contributed by atoms with Crippen LogP contribution in [0.2, 0.25) is 0 Å². The number of hydrogen-bond acceptors (Lipinski definition) is 1. The third-order valence-corrected chi connectivity index (χ3v) is 4.93. The van der Waals surface area contributed by atoms with E-state index in [2.05, 4.69) is 98.8 Å². The Kier molecular flexibility index (Phi) is 5.55. The lowest BCUT2D eigenvalue weighted by Crippen LogP contribution is -1.89. The molecule has 0 aliphatic rings. The van der Waals surface area contributed by atoms with Gasteiger partial charge in [-0.1, -0.05) is 89.6 Å². The van der Waals surface area contributed by atoms with Gasteiger partial charge in [0.1, 0.15) is 0 Å². The zero-order valence-corrected chi connectivity index (χ0v) is 15.0. The van der Waals surface area contributed by atoms with E-state index < -0.39 is 0 Å². The molecule has 0 atom stereocenters. The van der Waals surface area contributed by atoms with Gasteiger partial charge in [-0.25, -0.2) is 0 Å². The second kappa shape index (κ2) is 8.03. The average molecular weight is 330 g/mol. The van der Waals surface area contributed by atoms with Crippen molar-refractivity contribution in [1.82, 2.24) is 0 Å². The summed E-state index contributed by atoms with van der Waals surface area (Å²) in [6.45, 7) is 4.25. The van der Waals surface area contributed by atoms with Crippen LogP contribution in [0.5, 0.6) is 0 Å². The van der Waals surface area contributed by atoms with E-state index in [1.54, 1.807) is 0 Å². The highest BCUT2D eigenvalue weighted by Crippen LogP contribution is 2.31. The quantitative estimate of drug-likeness (QED) is 0.470. The van der Waals surface area contributed by atoms with E-state index in [-0.39, 0.29) is 0 Å². The number of hydrogen-bond donors (Lipinski definition) is 0. The second-order valence-corrected chi connectivity index (χ2v) is 7.30. The van der Waals surface area contributed by atoms with Gasteiger partial charge >= 0.3 is 0 Å². The zero-order valence-electron chi connectivity index (χ0n) is 14.2. The smallest absolute Gasteiger partial charge is 0.0119 e. The molecule has 0 radical (unpaired) electrons. The fraction of sp³-hybridized carbons (Fsp3) is 0.130. The summed E-state index contributed by atoms with van der Waals surface area (Å²) in [6, 6.07) is 28.1.